The molecule has 3 heteroatoms. The molecule has 0 saturated carbocycles. The van der Waals surface area contributed by atoms with Gasteiger partial charge in [-0.05, 0) is 29.3 Å². The van der Waals surface area contributed by atoms with E-state index in [9.17, 15) is 4.79 Å². The lowest BCUT2D eigenvalue weighted by Gasteiger charge is -2.22. The van der Waals surface area contributed by atoms with Crippen LogP contribution >= 0.6 is 0 Å². The lowest BCUT2D eigenvalue weighted by Crippen LogP contribution is -2.23. The lowest BCUT2D eigenvalue weighted by molar-refractivity contribution is 0.0793. The van der Waals surface area contributed by atoms with Crippen molar-refractivity contribution in [2.24, 2.45) is 0 Å². The number of hydrogen-bond acceptors (Lipinski definition) is 2. The minimum absolute atomic E-state index is 0.0231. The van der Waals surface area contributed by atoms with E-state index in [1.54, 1.807) is 0 Å². The minimum atomic E-state index is 0.0231. The predicted molar refractivity (Wildman–Crippen MR) is 81.1 cm³/mol. The van der Waals surface area contributed by atoms with Crippen LogP contribution in [0.4, 0.5) is 5.69 Å². The van der Waals surface area contributed by atoms with E-state index in [0.29, 0.717) is 0 Å². The highest BCUT2D eigenvalue weighted by Gasteiger charge is 2.34. The maximum absolute atomic E-state index is 12.3. The zero-order valence-corrected chi connectivity index (χ0v) is 12.0. The number of amides is 1. The first-order chi connectivity index (χ1) is 9.59. The van der Waals surface area contributed by atoms with Gasteiger partial charge in [-0.3, -0.25) is 4.79 Å². The van der Waals surface area contributed by atoms with Gasteiger partial charge in [0, 0.05) is 32.4 Å². The van der Waals surface area contributed by atoms with Crippen LogP contribution < -0.4 is 4.90 Å². The molecular weight excluding hydrogens is 248 g/mol. The highest BCUT2D eigenvalue weighted by atomic mass is 16.2. The van der Waals surface area contributed by atoms with Crippen molar-refractivity contribution >= 4 is 11.6 Å². The highest BCUT2D eigenvalue weighted by molar-refractivity contribution is 5.99. The van der Waals surface area contributed by atoms with Crippen molar-refractivity contribution in [3.63, 3.8) is 0 Å². The first-order valence-electron chi connectivity index (χ1n) is 6.73. The molecule has 0 radical (unpaired) electrons. The third kappa shape index (κ3) is 1.86. The van der Waals surface area contributed by atoms with E-state index in [0.717, 1.165) is 22.4 Å². The van der Waals surface area contributed by atoms with Crippen molar-refractivity contribution < 1.29 is 4.79 Å². The van der Waals surface area contributed by atoms with E-state index in [1.165, 1.54) is 0 Å². The van der Waals surface area contributed by atoms with Crippen molar-refractivity contribution in [3.8, 4) is 0 Å². The van der Waals surface area contributed by atoms with Gasteiger partial charge in [0.15, 0.2) is 0 Å². The van der Waals surface area contributed by atoms with E-state index in [1.807, 2.05) is 50.3 Å². The normalized spacial score (nSPS) is 17.2. The molecule has 1 atom stereocenters. The lowest BCUT2D eigenvalue weighted by atomic mass is 9.98. The van der Waals surface area contributed by atoms with Gasteiger partial charge < -0.3 is 9.80 Å². The number of carbonyl (C=O) groups is 1. The molecule has 3 rings (SSSR count). The fourth-order valence-electron chi connectivity index (χ4n) is 2.80. The van der Waals surface area contributed by atoms with Crippen molar-refractivity contribution in [2.75, 3.05) is 26.0 Å². The third-order valence-electron chi connectivity index (χ3n) is 3.92. The van der Waals surface area contributed by atoms with Gasteiger partial charge in [-0.15, -0.1) is 0 Å². The van der Waals surface area contributed by atoms with E-state index in [2.05, 4.69) is 29.2 Å². The van der Waals surface area contributed by atoms with Crippen LogP contribution in [0.1, 0.15) is 27.5 Å². The summed E-state index contributed by atoms with van der Waals surface area (Å²) in [4.78, 5) is 16.2. The second kappa shape index (κ2) is 4.67. The van der Waals surface area contributed by atoms with Crippen LogP contribution in [-0.2, 0) is 0 Å². The Bertz CT molecular complexity index is 646. The number of benzene rings is 2. The molecule has 0 spiro atoms. The summed E-state index contributed by atoms with van der Waals surface area (Å²) in [6.07, 6.45) is 0. The summed E-state index contributed by atoms with van der Waals surface area (Å²) in [5.41, 5.74) is 4.22. The quantitative estimate of drug-likeness (QED) is 0.834. The van der Waals surface area contributed by atoms with E-state index in [4.69, 9.17) is 0 Å². The van der Waals surface area contributed by atoms with Crippen molar-refractivity contribution in [3.05, 3.63) is 65.2 Å². The Labute approximate surface area is 119 Å². The molecule has 2 aromatic carbocycles. The van der Waals surface area contributed by atoms with Gasteiger partial charge in [0.25, 0.3) is 5.91 Å². The zero-order valence-electron chi connectivity index (χ0n) is 12.0. The van der Waals surface area contributed by atoms with E-state index in [-0.39, 0.29) is 11.9 Å². The Morgan fingerprint density at radius 3 is 2.30 bits per heavy atom. The molecule has 2 aromatic rings. The summed E-state index contributed by atoms with van der Waals surface area (Å²) in [6, 6.07) is 16.3. The van der Waals surface area contributed by atoms with Gasteiger partial charge >= 0.3 is 0 Å². The second-order valence-electron chi connectivity index (χ2n) is 5.39. The highest BCUT2D eigenvalue weighted by Crippen LogP contribution is 2.37. The standard InChI is InChI=1S/C17H18N2O/c1-18(2)13-10-8-12(9-11-13)16-14-6-4-5-7-15(14)17(20)19(16)3/h4-11,16H,1-3H3. The SMILES string of the molecule is CN(C)c1ccc(C2c3ccccc3C(=O)N2C)cc1. The monoisotopic (exact) mass is 266 g/mol. The minimum Gasteiger partial charge on any atom is -0.378 e. The van der Waals surface area contributed by atoms with Crippen LogP contribution in [0.3, 0.4) is 0 Å². The van der Waals surface area contributed by atoms with Crippen LogP contribution in [0.25, 0.3) is 0 Å². The molecule has 0 saturated heterocycles. The first-order valence-corrected chi connectivity index (χ1v) is 6.73. The molecule has 0 aliphatic carbocycles. The van der Waals surface area contributed by atoms with Gasteiger partial charge in [0.1, 0.15) is 0 Å². The predicted octanol–water partition coefficient (Wildman–Crippen LogP) is 2.93. The van der Waals surface area contributed by atoms with Crippen molar-refractivity contribution in [1.82, 2.24) is 4.90 Å². The largest absolute Gasteiger partial charge is 0.378 e. The van der Waals surface area contributed by atoms with Gasteiger partial charge in [-0.2, -0.15) is 0 Å². The Morgan fingerprint density at radius 1 is 1.00 bits per heavy atom. The summed E-state index contributed by atoms with van der Waals surface area (Å²) in [5.74, 6) is 0.0993. The molecule has 0 bridgehead atoms. The number of rotatable bonds is 2. The van der Waals surface area contributed by atoms with Crippen LogP contribution in [0.15, 0.2) is 48.5 Å². The average Bonchev–Trinajstić information content (AvgIpc) is 2.72. The number of nitrogens with zero attached hydrogens (tertiary/aromatic N) is 2. The van der Waals surface area contributed by atoms with Gasteiger partial charge in [0.2, 0.25) is 0 Å². The second-order valence-corrected chi connectivity index (χ2v) is 5.39. The van der Waals surface area contributed by atoms with Crippen LogP contribution in [0.2, 0.25) is 0 Å². The molecule has 1 unspecified atom stereocenters. The molecule has 0 fully saturated rings. The summed E-state index contributed by atoms with van der Waals surface area (Å²) < 4.78 is 0. The maximum Gasteiger partial charge on any atom is 0.254 e. The third-order valence-corrected chi connectivity index (χ3v) is 3.92. The van der Waals surface area contributed by atoms with Crippen LogP contribution in [-0.4, -0.2) is 32.0 Å². The van der Waals surface area contributed by atoms with E-state index >= 15 is 0 Å². The van der Waals surface area contributed by atoms with Crippen LogP contribution in [0.5, 0.6) is 0 Å². The summed E-state index contributed by atoms with van der Waals surface area (Å²) in [7, 11) is 5.91. The van der Waals surface area contributed by atoms with Gasteiger partial charge in [0.05, 0.1) is 6.04 Å². The fourth-order valence-corrected chi connectivity index (χ4v) is 2.80. The average molecular weight is 266 g/mol. The first kappa shape index (κ1) is 12.7. The Kier molecular flexibility index (Phi) is 2.97. The molecule has 0 N–H and O–H groups in total. The topological polar surface area (TPSA) is 23.6 Å². The van der Waals surface area contributed by atoms with Crippen molar-refractivity contribution in [1.29, 1.82) is 0 Å². The molecule has 0 aromatic heterocycles. The van der Waals surface area contributed by atoms with Gasteiger partial charge in [-0.1, -0.05) is 30.3 Å². The number of fused-ring (bicyclic) bond motifs is 1. The molecule has 102 valence electrons. The molecule has 1 amide bonds. The zero-order chi connectivity index (χ0) is 14.3. The Morgan fingerprint density at radius 2 is 1.65 bits per heavy atom. The molecule has 1 aliphatic heterocycles. The smallest absolute Gasteiger partial charge is 0.254 e. The summed E-state index contributed by atoms with van der Waals surface area (Å²) >= 11 is 0. The van der Waals surface area contributed by atoms with Gasteiger partial charge in [-0.25, -0.2) is 0 Å². The molecule has 1 aliphatic rings. The number of hydrogen-bond donors (Lipinski definition) is 0. The Hall–Kier alpha value is -2.29. The maximum atomic E-state index is 12.3. The van der Waals surface area contributed by atoms with Crippen LogP contribution in [0, 0.1) is 0 Å². The fraction of sp³-hybridized carbons (Fsp3) is 0.235. The Balaban J connectivity index is 2.04. The summed E-state index contributed by atoms with van der Waals surface area (Å²) in [6.45, 7) is 0. The van der Waals surface area contributed by atoms with E-state index < -0.39 is 0 Å². The molecule has 20 heavy (non-hydrogen) atoms. The number of anilines is 1. The molecular formula is C17H18N2O. The number of carbonyl (C=O) groups excluding carboxylic acids is 1. The molecule has 3 nitrogen and oxygen atoms in total. The summed E-state index contributed by atoms with van der Waals surface area (Å²) in [5, 5.41) is 0. The molecule has 1 heterocycles. The van der Waals surface area contributed by atoms with Crippen molar-refractivity contribution in [2.45, 2.75) is 6.04 Å².